The quantitative estimate of drug-likeness (QED) is 0.855. The fraction of sp³-hybridized carbons (Fsp3) is 0.500. The van der Waals surface area contributed by atoms with Gasteiger partial charge in [-0.1, -0.05) is 11.6 Å². The maximum absolute atomic E-state index is 9.80. The predicted molar refractivity (Wildman–Crippen MR) is 67.4 cm³/mol. The van der Waals surface area contributed by atoms with Crippen LogP contribution in [-0.2, 0) is 0 Å². The Balaban J connectivity index is 2.79. The molecule has 0 radical (unpaired) electrons. The summed E-state index contributed by atoms with van der Waals surface area (Å²) in [5.74, 6) is 0.642. The molecule has 4 heteroatoms. The van der Waals surface area contributed by atoms with Crippen LogP contribution >= 0.6 is 11.6 Å². The lowest BCUT2D eigenvalue weighted by Crippen LogP contribution is -2.39. The van der Waals surface area contributed by atoms with E-state index in [0.29, 0.717) is 10.8 Å². The number of aliphatic hydroxyl groups is 1. The number of ether oxygens (including phenoxy) is 1. The first-order valence-electron chi connectivity index (χ1n) is 5.17. The molecule has 0 bridgehead atoms. The SMILES string of the molecule is COc1ccc(NC(C)C(C)(C)O)cc1Cl. The Morgan fingerprint density at radius 1 is 1.44 bits per heavy atom. The zero-order chi connectivity index (χ0) is 12.3. The highest BCUT2D eigenvalue weighted by atomic mass is 35.5. The van der Waals surface area contributed by atoms with Crippen molar-refractivity contribution in [2.75, 3.05) is 12.4 Å². The molecule has 0 spiro atoms. The predicted octanol–water partition coefficient (Wildman–Crippen LogP) is 2.92. The third-order valence-corrected chi connectivity index (χ3v) is 2.89. The molecule has 0 aliphatic carbocycles. The first kappa shape index (κ1) is 13.1. The topological polar surface area (TPSA) is 41.5 Å². The van der Waals surface area contributed by atoms with E-state index in [2.05, 4.69) is 5.32 Å². The Hall–Kier alpha value is -0.930. The van der Waals surface area contributed by atoms with Crippen LogP contribution in [0, 0.1) is 0 Å². The minimum Gasteiger partial charge on any atom is -0.495 e. The fourth-order valence-corrected chi connectivity index (χ4v) is 1.44. The van der Waals surface area contributed by atoms with Crippen LogP contribution in [0.3, 0.4) is 0 Å². The molecule has 2 N–H and O–H groups in total. The molecular weight excluding hydrogens is 226 g/mol. The first-order valence-corrected chi connectivity index (χ1v) is 5.55. The summed E-state index contributed by atoms with van der Waals surface area (Å²) >= 11 is 6.00. The average molecular weight is 244 g/mol. The van der Waals surface area contributed by atoms with Gasteiger partial charge in [0.1, 0.15) is 5.75 Å². The van der Waals surface area contributed by atoms with Crippen molar-refractivity contribution in [3.05, 3.63) is 23.2 Å². The van der Waals surface area contributed by atoms with Gasteiger partial charge in [-0.15, -0.1) is 0 Å². The minimum atomic E-state index is -0.785. The second kappa shape index (κ2) is 4.93. The highest BCUT2D eigenvalue weighted by Gasteiger charge is 2.22. The zero-order valence-corrected chi connectivity index (χ0v) is 10.8. The summed E-state index contributed by atoms with van der Waals surface area (Å²) in [6.07, 6.45) is 0. The van der Waals surface area contributed by atoms with Gasteiger partial charge in [0, 0.05) is 5.69 Å². The number of hydrogen-bond donors (Lipinski definition) is 2. The summed E-state index contributed by atoms with van der Waals surface area (Å²) in [6.45, 7) is 5.43. The number of nitrogens with one attached hydrogen (secondary N) is 1. The maximum atomic E-state index is 9.80. The number of halogens is 1. The van der Waals surface area contributed by atoms with Gasteiger partial charge in [-0.3, -0.25) is 0 Å². The maximum Gasteiger partial charge on any atom is 0.137 e. The Morgan fingerprint density at radius 3 is 2.50 bits per heavy atom. The molecule has 0 saturated carbocycles. The van der Waals surface area contributed by atoms with Gasteiger partial charge in [0.15, 0.2) is 0 Å². The molecule has 1 rings (SSSR count). The average Bonchev–Trinajstić information content (AvgIpc) is 2.16. The van der Waals surface area contributed by atoms with Gasteiger partial charge in [-0.2, -0.15) is 0 Å². The highest BCUT2D eigenvalue weighted by Crippen LogP contribution is 2.28. The van der Waals surface area contributed by atoms with Gasteiger partial charge in [-0.25, -0.2) is 0 Å². The van der Waals surface area contributed by atoms with Crippen LogP contribution < -0.4 is 10.1 Å². The molecule has 1 aromatic rings. The largest absolute Gasteiger partial charge is 0.495 e. The van der Waals surface area contributed by atoms with Crippen molar-refractivity contribution < 1.29 is 9.84 Å². The normalized spacial score (nSPS) is 13.4. The molecule has 16 heavy (non-hydrogen) atoms. The van der Waals surface area contributed by atoms with Gasteiger partial charge >= 0.3 is 0 Å². The lowest BCUT2D eigenvalue weighted by atomic mass is 10.0. The third-order valence-electron chi connectivity index (χ3n) is 2.59. The number of methoxy groups -OCH3 is 1. The van der Waals surface area contributed by atoms with Crippen molar-refractivity contribution in [3.8, 4) is 5.75 Å². The molecular formula is C12H18ClNO2. The summed E-state index contributed by atoms with van der Waals surface area (Å²) in [4.78, 5) is 0. The van der Waals surface area contributed by atoms with Gasteiger partial charge in [0.25, 0.3) is 0 Å². The van der Waals surface area contributed by atoms with E-state index < -0.39 is 5.60 Å². The lowest BCUT2D eigenvalue weighted by molar-refractivity contribution is 0.0649. The third kappa shape index (κ3) is 3.29. The van der Waals surface area contributed by atoms with E-state index in [0.717, 1.165) is 5.69 Å². The number of benzene rings is 1. The molecule has 90 valence electrons. The molecule has 0 saturated heterocycles. The summed E-state index contributed by atoms with van der Waals surface area (Å²) in [5, 5.41) is 13.5. The first-order chi connectivity index (χ1) is 7.34. The van der Waals surface area contributed by atoms with Crippen molar-refractivity contribution >= 4 is 17.3 Å². The van der Waals surface area contributed by atoms with Crippen molar-refractivity contribution in [2.45, 2.75) is 32.4 Å². The minimum absolute atomic E-state index is 0.0723. The Kier molecular flexibility index (Phi) is 4.05. The highest BCUT2D eigenvalue weighted by molar-refractivity contribution is 6.32. The van der Waals surface area contributed by atoms with Crippen molar-refractivity contribution in [2.24, 2.45) is 0 Å². The smallest absolute Gasteiger partial charge is 0.137 e. The Labute approximate surface area is 101 Å². The van der Waals surface area contributed by atoms with Crippen LogP contribution in [-0.4, -0.2) is 23.9 Å². The second-order valence-corrected chi connectivity index (χ2v) is 4.78. The number of hydrogen-bond acceptors (Lipinski definition) is 3. The van der Waals surface area contributed by atoms with Gasteiger partial charge < -0.3 is 15.2 Å². The summed E-state index contributed by atoms with van der Waals surface area (Å²) in [7, 11) is 1.58. The monoisotopic (exact) mass is 243 g/mol. The van der Waals surface area contributed by atoms with E-state index in [4.69, 9.17) is 16.3 Å². The van der Waals surface area contributed by atoms with Crippen LogP contribution in [0.2, 0.25) is 5.02 Å². The van der Waals surface area contributed by atoms with Crippen LogP contribution in [0.1, 0.15) is 20.8 Å². The summed E-state index contributed by atoms with van der Waals surface area (Å²) in [6, 6.07) is 5.37. The van der Waals surface area contributed by atoms with E-state index >= 15 is 0 Å². The molecule has 0 aromatic heterocycles. The molecule has 0 amide bonds. The fourth-order valence-electron chi connectivity index (χ4n) is 1.18. The zero-order valence-electron chi connectivity index (χ0n) is 10.0. The van der Waals surface area contributed by atoms with Gasteiger partial charge in [0.05, 0.1) is 23.8 Å². The van der Waals surface area contributed by atoms with E-state index in [-0.39, 0.29) is 6.04 Å². The lowest BCUT2D eigenvalue weighted by Gasteiger charge is -2.27. The van der Waals surface area contributed by atoms with Crippen LogP contribution in [0.15, 0.2) is 18.2 Å². The molecule has 0 aliphatic rings. The summed E-state index contributed by atoms with van der Waals surface area (Å²) < 4.78 is 5.06. The number of anilines is 1. The molecule has 1 aromatic carbocycles. The van der Waals surface area contributed by atoms with Gasteiger partial charge in [0.2, 0.25) is 0 Å². The van der Waals surface area contributed by atoms with E-state index in [9.17, 15) is 5.11 Å². The van der Waals surface area contributed by atoms with Crippen molar-refractivity contribution in [3.63, 3.8) is 0 Å². The molecule has 3 nitrogen and oxygen atoms in total. The van der Waals surface area contributed by atoms with Crippen LogP contribution in [0.5, 0.6) is 5.75 Å². The molecule has 0 fully saturated rings. The molecule has 0 heterocycles. The van der Waals surface area contributed by atoms with Crippen molar-refractivity contribution in [1.82, 2.24) is 0 Å². The Morgan fingerprint density at radius 2 is 2.06 bits per heavy atom. The molecule has 1 unspecified atom stereocenters. The summed E-state index contributed by atoms with van der Waals surface area (Å²) in [5.41, 5.74) is 0.0762. The van der Waals surface area contributed by atoms with Gasteiger partial charge in [-0.05, 0) is 39.0 Å². The van der Waals surface area contributed by atoms with E-state index in [1.54, 1.807) is 33.1 Å². The van der Waals surface area contributed by atoms with Crippen LogP contribution in [0.25, 0.3) is 0 Å². The second-order valence-electron chi connectivity index (χ2n) is 4.37. The van der Waals surface area contributed by atoms with E-state index in [1.807, 2.05) is 13.0 Å². The number of rotatable bonds is 4. The van der Waals surface area contributed by atoms with Crippen LogP contribution in [0.4, 0.5) is 5.69 Å². The standard InChI is InChI=1S/C12H18ClNO2/c1-8(12(2,3)15)14-9-5-6-11(16-4)10(13)7-9/h5-8,14-15H,1-4H3. The molecule has 0 aliphatic heterocycles. The Bertz CT molecular complexity index is 361. The molecule has 1 atom stereocenters. The van der Waals surface area contributed by atoms with Crippen molar-refractivity contribution in [1.29, 1.82) is 0 Å². The van der Waals surface area contributed by atoms with E-state index in [1.165, 1.54) is 0 Å².